The Hall–Kier alpha value is -3.80. The Bertz CT molecular complexity index is 1390. The van der Waals surface area contributed by atoms with Gasteiger partial charge < -0.3 is 20.9 Å². The smallest absolute Gasteiger partial charge is 0.381 e. The molecule has 1 aromatic carbocycles. The Labute approximate surface area is 215 Å². The van der Waals surface area contributed by atoms with Crippen molar-refractivity contribution in [2.24, 2.45) is 0 Å². The van der Waals surface area contributed by atoms with Crippen molar-refractivity contribution in [1.82, 2.24) is 14.9 Å². The second-order valence-electron chi connectivity index (χ2n) is 9.22. The van der Waals surface area contributed by atoms with Crippen LogP contribution in [0.15, 0.2) is 66.1 Å². The molecule has 5 rings (SSSR count). The van der Waals surface area contributed by atoms with Crippen molar-refractivity contribution in [1.29, 1.82) is 0 Å². The number of benzene rings is 1. The van der Waals surface area contributed by atoms with Crippen LogP contribution in [0.25, 0.3) is 0 Å². The molecule has 0 radical (unpaired) electrons. The molecule has 12 heteroatoms. The van der Waals surface area contributed by atoms with E-state index in [2.05, 4.69) is 15.3 Å². The summed E-state index contributed by atoms with van der Waals surface area (Å²) in [6.45, 7) is 1.63. The lowest BCUT2D eigenvalue weighted by Gasteiger charge is -2.43. The van der Waals surface area contributed by atoms with E-state index in [-0.39, 0.29) is 28.5 Å². The van der Waals surface area contributed by atoms with Crippen molar-refractivity contribution < 1.29 is 21.6 Å². The first-order chi connectivity index (χ1) is 17.9. The number of para-hydroxylation sites is 1. The molecular weight excluding hydrogens is 497 g/mol. The lowest BCUT2D eigenvalue weighted by molar-refractivity contribution is -0.511. The predicted octanol–water partition coefficient (Wildman–Crippen LogP) is 1.79. The van der Waals surface area contributed by atoms with Crippen molar-refractivity contribution in [3.05, 3.63) is 67.0 Å². The van der Waals surface area contributed by atoms with Gasteiger partial charge in [0.1, 0.15) is 12.4 Å². The fraction of sp³-hybridized carbons (Fsp3) is 0.360. The first-order valence-corrected chi connectivity index (χ1v) is 13.7. The molecule has 2 saturated heterocycles. The van der Waals surface area contributed by atoms with E-state index in [9.17, 15) is 17.6 Å². The van der Waals surface area contributed by atoms with Crippen LogP contribution in [0.1, 0.15) is 25.7 Å². The van der Waals surface area contributed by atoms with Crippen LogP contribution in [0.3, 0.4) is 0 Å². The van der Waals surface area contributed by atoms with Gasteiger partial charge in [0.25, 0.3) is 0 Å². The summed E-state index contributed by atoms with van der Waals surface area (Å²) in [7, 11) is -3.85. The average Bonchev–Trinajstić information content (AvgIpc) is 2.92. The van der Waals surface area contributed by atoms with Gasteiger partial charge in [-0.05, 0) is 37.8 Å². The molecule has 0 bridgehead atoms. The number of nitrogen functional groups attached to an aromatic ring is 1. The summed E-state index contributed by atoms with van der Waals surface area (Å²) in [5.41, 5.74) is 6.01. The SMILES string of the molecule is Nc1ncnc(N2CCC[C@@H](N3CCCC(Nc4ccccc4S(=O)(=O)[n+]4ccccc4)C3=O)C2)c1F. The zero-order valence-corrected chi connectivity index (χ0v) is 21.0. The molecule has 3 N–H and O–H groups in total. The molecule has 2 aromatic heterocycles. The van der Waals surface area contributed by atoms with E-state index < -0.39 is 21.9 Å². The van der Waals surface area contributed by atoms with E-state index in [1.807, 2.05) is 9.80 Å². The maximum absolute atomic E-state index is 14.6. The number of carbonyl (C=O) groups is 1. The van der Waals surface area contributed by atoms with Gasteiger partial charge in [0.2, 0.25) is 11.7 Å². The van der Waals surface area contributed by atoms with E-state index >= 15 is 0 Å². The van der Waals surface area contributed by atoms with E-state index in [0.29, 0.717) is 31.7 Å². The van der Waals surface area contributed by atoms with Crippen LogP contribution in [-0.2, 0) is 14.8 Å². The van der Waals surface area contributed by atoms with Crippen LogP contribution in [0, 0.1) is 5.82 Å². The first-order valence-electron chi connectivity index (χ1n) is 12.2. The Kier molecular flexibility index (Phi) is 6.92. The molecule has 2 fully saturated rings. The second-order valence-corrected chi connectivity index (χ2v) is 11.0. The minimum atomic E-state index is -3.85. The van der Waals surface area contributed by atoms with Crippen molar-refractivity contribution >= 4 is 33.3 Å². The molecule has 0 aliphatic carbocycles. The quantitative estimate of drug-likeness (QED) is 0.466. The zero-order valence-electron chi connectivity index (χ0n) is 20.2. The van der Waals surface area contributed by atoms with Crippen molar-refractivity contribution in [3.63, 3.8) is 0 Å². The largest absolute Gasteiger partial charge is 0.401 e. The number of hydrogen-bond donors (Lipinski definition) is 2. The molecule has 37 heavy (non-hydrogen) atoms. The van der Waals surface area contributed by atoms with E-state index in [1.54, 1.807) is 36.4 Å². The minimum absolute atomic E-state index is 0.0943. The Morgan fingerprint density at radius 2 is 1.78 bits per heavy atom. The third-order valence-electron chi connectivity index (χ3n) is 6.87. The van der Waals surface area contributed by atoms with Crippen LogP contribution >= 0.6 is 0 Å². The Morgan fingerprint density at radius 1 is 1.03 bits per heavy atom. The van der Waals surface area contributed by atoms with Gasteiger partial charge in [0.05, 0.1) is 5.69 Å². The average molecular weight is 527 g/mol. The number of piperidine rings is 2. The van der Waals surface area contributed by atoms with Gasteiger partial charge in [-0.1, -0.05) is 22.2 Å². The predicted molar refractivity (Wildman–Crippen MR) is 136 cm³/mol. The highest BCUT2D eigenvalue weighted by Crippen LogP contribution is 2.29. The van der Waals surface area contributed by atoms with E-state index in [0.717, 1.165) is 23.2 Å². The fourth-order valence-corrected chi connectivity index (χ4v) is 6.39. The van der Waals surface area contributed by atoms with Gasteiger partial charge in [0, 0.05) is 37.8 Å². The molecule has 2 aliphatic rings. The molecule has 3 aromatic rings. The minimum Gasteiger partial charge on any atom is -0.381 e. The lowest BCUT2D eigenvalue weighted by atomic mass is 9.97. The van der Waals surface area contributed by atoms with E-state index in [1.165, 1.54) is 24.8 Å². The number of pyridine rings is 1. The van der Waals surface area contributed by atoms with Gasteiger partial charge in [-0.2, -0.15) is 12.8 Å². The van der Waals surface area contributed by atoms with Gasteiger partial charge in [-0.25, -0.2) is 9.97 Å². The number of nitrogens with one attached hydrogen (secondary N) is 1. The number of anilines is 3. The lowest BCUT2D eigenvalue weighted by Crippen LogP contribution is -2.56. The number of likely N-dealkylation sites (tertiary alicyclic amines) is 1. The highest BCUT2D eigenvalue weighted by atomic mass is 32.2. The van der Waals surface area contributed by atoms with Crippen molar-refractivity contribution in [2.45, 2.75) is 42.7 Å². The molecular formula is C25H29FN7O3S+. The van der Waals surface area contributed by atoms with Crippen molar-refractivity contribution in [2.75, 3.05) is 35.6 Å². The molecule has 2 atom stereocenters. The number of hydrogen-bond acceptors (Lipinski definition) is 8. The summed E-state index contributed by atoms with van der Waals surface area (Å²) < 4.78 is 42.3. The fourth-order valence-electron chi connectivity index (χ4n) is 5.05. The molecule has 1 unspecified atom stereocenters. The Morgan fingerprint density at radius 3 is 2.59 bits per heavy atom. The standard InChI is InChI=1S/C25H29FN7O3S/c26-22-23(27)28-17-29-24(22)31-12-6-8-18(16-31)33-15-7-10-20(25(33)34)30-19-9-2-3-11-21(19)37(35,36)32-13-4-1-5-14-32/h1-5,9,11,13-14,17-18,20,30H,6-8,10,12,15-16H2,(H2,27,28,29)/q+1/t18-,20?/m1/s1. The number of nitrogens with zero attached hydrogens (tertiary/aromatic N) is 5. The van der Waals surface area contributed by atoms with Gasteiger partial charge in [0.15, 0.2) is 28.9 Å². The maximum Gasteiger partial charge on any atom is 0.401 e. The maximum atomic E-state index is 14.6. The third kappa shape index (κ3) is 4.93. The molecule has 10 nitrogen and oxygen atoms in total. The van der Waals surface area contributed by atoms with Gasteiger partial charge >= 0.3 is 10.0 Å². The van der Waals surface area contributed by atoms with E-state index in [4.69, 9.17) is 5.73 Å². The molecule has 1 amide bonds. The molecule has 4 heterocycles. The highest BCUT2D eigenvalue weighted by molar-refractivity contribution is 7.85. The van der Waals surface area contributed by atoms with Crippen LogP contribution in [-0.4, -0.2) is 60.9 Å². The Balaban J connectivity index is 1.35. The summed E-state index contributed by atoms with van der Waals surface area (Å²) in [6.07, 6.45) is 7.08. The number of rotatable bonds is 6. The summed E-state index contributed by atoms with van der Waals surface area (Å²) >= 11 is 0. The molecule has 0 saturated carbocycles. The first kappa shape index (κ1) is 24.9. The second kappa shape index (κ2) is 10.3. The van der Waals surface area contributed by atoms with Crippen LogP contribution < -0.4 is 19.9 Å². The highest BCUT2D eigenvalue weighted by Gasteiger charge is 2.37. The van der Waals surface area contributed by atoms with Gasteiger partial charge in [-0.15, -0.1) is 0 Å². The third-order valence-corrected chi connectivity index (χ3v) is 8.58. The number of carbonyl (C=O) groups excluding carboxylic acids is 1. The van der Waals surface area contributed by atoms with Crippen LogP contribution in [0.4, 0.5) is 21.7 Å². The van der Waals surface area contributed by atoms with Crippen molar-refractivity contribution in [3.8, 4) is 0 Å². The number of nitrogens with two attached hydrogens (primary N) is 1. The number of amides is 1. The molecule has 194 valence electrons. The van der Waals surface area contributed by atoms with Crippen LogP contribution in [0.2, 0.25) is 0 Å². The molecule has 2 aliphatic heterocycles. The zero-order chi connectivity index (χ0) is 26.0. The number of aromatic nitrogens is 3. The summed E-state index contributed by atoms with van der Waals surface area (Å²) in [6, 6.07) is 10.9. The monoisotopic (exact) mass is 526 g/mol. The topological polar surface area (TPSA) is 125 Å². The van der Waals surface area contributed by atoms with Crippen LogP contribution in [0.5, 0.6) is 0 Å². The van der Waals surface area contributed by atoms with Gasteiger partial charge in [-0.3, -0.25) is 4.79 Å². The summed E-state index contributed by atoms with van der Waals surface area (Å²) in [5.74, 6) is -0.802. The normalized spacial score (nSPS) is 20.6. The number of halogens is 1. The molecule has 0 spiro atoms. The summed E-state index contributed by atoms with van der Waals surface area (Å²) in [5, 5.41) is 3.21. The summed E-state index contributed by atoms with van der Waals surface area (Å²) in [4.78, 5) is 25.1.